The van der Waals surface area contributed by atoms with Crippen molar-refractivity contribution in [2.75, 3.05) is 0 Å². The van der Waals surface area contributed by atoms with E-state index >= 15 is 0 Å². The average Bonchev–Trinajstić information content (AvgIpc) is 2.63. The van der Waals surface area contributed by atoms with Gasteiger partial charge in [0.1, 0.15) is 0 Å². The number of carbonyl (C=O) groups excluding carboxylic acids is 1. The van der Waals surface area contributed by atoms with E-state index in [9.17, 15) is 9.59 Å². The van der Waals surface area contributed by atoms with E-state index < -0.39 is 0 Å². The van der Waals surface area contributed by atoms with Gasteiger partial charge in [0.05, 0.1) is 0 Å². The fourth-order valence-corrected chi connectivity index (χ4v) is 3.69. The molecule has 27 heavy (non-hydrogen) atoms. The molecule has 3 nitrogen and oxygen atoms in total. The van der Waals surface area contributed by atoms with Crippen molar-refractivity contribution in [2.24, 2.45) is 7.05 Å². The lowest BCUT2D eigenvalue weighted by molar-refractivity contribution is 0.0977. The molecule has 0 N–H and O–H groups in total. The molecule has 0 bridgehead atoms. The van der Waals surface area contributed by atoms with Crippen LogP contribution in [0.25, 0.3) is 0 Å². The molecule has 2 aromatic carbocycles. The molecule has 0 saturated carbocycles. The molecule has 0 aliphatic heterocycles. The molecule has 0 radical (unpaired) electrons. The minimum absolute atomic E-state index is 0.00660. The number of hydrogen-bond acceptors (Lipinski definition) is 2. The Morgan fingerprint density at radius 3 is 2.44 bits per heavy atom. The number of halogens is 2. The molecule has 0 saturated heterocycles. The summed E-state index contributed by atoms with van der Waals surface area (Å²) in [5.41, 5.74) is 3.57. The predicted molar refractivity (Wildman–Crippen MR) is 113 cm³/mol. The van der Waals surface area contributed by atoms with Crippen molar-refractivity contribution >= 4 is 33.3 Å². The third kappa shape index (κ3) is 4.57. The predicted octanol–water partition coefficient (Wildman–Crippen LogP) is 5.51. The fourth-order valence-electron chi connectivity index (χ4n) is 3.19. The summed E-state index contributed by atoms with van der Waals surface area (Å²) in [5, 5.41) is 0.676. The molecule has 1 atom stereocenters. The lowest BCUT2D eigenvalue weighted by Crippen LogP contribution is -2.17. The number of aryl methyl sites for hydroxylation is 2. The molecule has 1 unspecified atom stereocenters. The van der Waals surface area contributed by atoms with Crippen LogP contribution >= 0.6 is 27.5 Å². The second-order valence-corrected chi connectivity index (χ2v) is 7.95. The maximum Gasteiger partial charge on any atom is 0.250 e. The fraction of sp³-hybridized carbons (Fsp3) is 0.182. The van der Waals surface area contributed by atoms with Crippen LogP contribution in [0.2, 0.25) is 5.02 Å². The van der Waals surface area contributed by atoms with Gasteiger partial charge < -0.3 is 4.57 Å². The standard InChI is InChI=1S/C22H19BrClNO2/c1-14-11-18(24)8-9-19(14)20(15-3-6-17(23)7-4-15)12-21(26)16-5-10-22(27)25(2)13-16/h3-11,13,20H,12H2,1-2H3. The van der Waals surface area contributed by atoms with E-state index in [0.717, 1.165) is 21.2 Å². The molecule has 3 aromatic rings. The largest absolute Gasteiger partial charge is 0.318 e. The summed E-state index contributed by atoms with van der Waals surface area (Å²) in [6.45, 7) is 2.00. The lowest BCUT2D eigenvalue weighted by atomic mass is 9.84. The second-order valence-electron chi connectivity index (χ2n) is 6.60. The minimum Gasteiger partial charge on any atom is -0.318 e. The van der Waals surface area contributed by atoms with E-state index in [2.05, 4.69) is 15.9 Å². The van der Waals surface area contributed by atoms with Crippen molar-refractivity contribution < 1.29 is 4.79 Å². The molecule has 0 aliphatic carbocycles. The molecule has 3 rings (SSSR count). The molecule has 1 heterocycles. The summed E-state index contributed by atoms with van der Waals surface area (Å²) in [7, 11) is 1.65. The Morgan fingerprint density at radius 2 is 1.81 bits per heavy atom. The third-order valence-electron chi connectivity index (χ3n) is 4.68. The Labute approximate surface area is 171 Å². The molecule has 138 valence electrons. The van der Waals surface area contributed by atoms with Gasteiger partial charge in [-0.2, -0.15) is 0 Å². The first-order valence-electron chi connectivity index (χ1n) is 8.56. The van der Waals surface area contributed by atoms with Crippen LogP contribution in [0.5, 0.6) is 0 Å². The Morgan fingerprint density at radius 1 is 1.11 bits per heavy atom. The van der Waals surface area contributed by atoms with Gasteiger partial charge in [-0.3, -0.25) is 9.59 Å². The van der Waals surface area contributed by atoms with Gasteiger partial charge in [0, 0.05) is 46.7 Å². The summed E-state index contributed by atoms with van der Waals surface area (Å²) in [6, 6.07) is 16.8. The molecule has 0 spiro atoms. The molecule has 0 amide bonds. The number of aromatic nitrogens is 1. The van der Waals surface area contributed by atoms with Gasteiger partial charge in [0.25, 0.3) is 0 Å². The highest BCUT2D eigenvalue weighted by Gasteiger charge is 2.21. The molecule has 1 aromatic heterocycles. The second kappa shape index (κ2) is 8.24. The van der Waals surface area contributed by atoms with Gasteiger partial charge in [-0.1, -0.05) is 45.7 Å². The summed E-state index contributed by atoms with van der Waals surface area (Å²) >= 11 is 9.58. The quantitative estimate of drug-likeness (QED) is 0.486. The van der Waals surface area contributed by atoms with Gasteiger partial charge in [0.2, 0.25) is 5.56 Å². The van der Waals surface area contributed by atoms with Crippen LogP contribution in [0.3, 0.4) is 0 Å². The van der Waals surface area contributed by atoms with Crippen LogP contribution in [0.1, 0.15) is 39.4 Å². The van der Waals surface area contributed by atoms with Crippen molar-refractivity contribution in [3.8, 4) is 0 Å². The monoisotopic (exact) mass is 443 g/mol. The zero-order chi connectivity index (χ0) is 19.6. The van der Waals surface area contributed by atoms with Crippen molar-refractivity contribution in [1.82, 2.24) is 4.57 Å². The van der Waals surface area contributed by atoms with Crippen LogP contribution in [-0.4, -0.2) is 10.4 Å². The minimum atomic E-state index is -0.135. The SMILES string of the molecule is Cc1cc(Cl)ccc1C(CC(=O)c1ccc(=O)n(C)c1)c1ccc(Br)cc1. The smallest absolute Gasteiger partial charge is 0.250 e. The zero-order valence-electron chi connectivity index (χ0n) is 15.1. The van der Waals surface area contributed by atoms with Crippen LogP contribution < -0.4 is 5.56 Å². The van der Waals surface area contributed by atoms with Crippen LogP contribution in [0.4, 0.5) is 0 Å². The van der Waals surface area contributed by atoms with E-state index in [1.807, 2.05) is 49.4 Å². The number of nitrogens with zero attached hydrogens (tertiary/aromatic N) is 1. The summed E-state index contributed by atoms with van der Waals surface area (Å²) in [4.78, 5) is 24.6. The topological polar surface area (TPSA) is 39.1 Å². The first-order chi connectivity index (χ1) is 12.8. The Hall–Kier alpha value is -2.17. The molecule has 5 heteroatoms. The highest BCUT2D eigenvalue weighted by Crippen LogP contribution is 2.33. The molecule has 0 aliphatic rings. The first-order valence-corrected chi connectivity index (χ1v) is 9.73. The highest BCUT2D eigenvalue weighted by atomic mass is 79.9. The molecule has 0 fully saturated rings. The number of rotatable bonds is 5. The summed E-state index contributed by atoms with van der Waals surface area (Å²) in [5.74, 6) is -0.104. The van der Waals surface area contributed by atoms with Crippen LogP contribution in [-0.2, 0) is 7.05 Å². The molecular weight excluding hydrogens is 426 g/mol. The van der Waals surface area contributed by atoms with Gasteiger partial charge in [-0.25, -0.2) is 0 Å². The lowest BCUT2D eigenvalue weighted by Gasteiger charge is -2.20. The van der Waals surface area contributed by atoms with E-state index in [4.69, 9.17) is 11.6 Å². The number of Topliss-reactive ketones (excluding diaryl/α,β-unsaturated/α-hetero) is 1. The van der Waals surface area contributed by atoms with Gasteiger partial charge in [-0.05, 0) is 53.9 Å². The van der Waals surface area contributed by atoms with Gasteiger partial charge in [0.15, 0.2) is 5.78 Å². The Balaban J connectivity index is 2.01. The number of hydrogen-bond donors (Lipinski definition) is 0. The van der Waals surface area contributed by atoms with E-state index in [1.54, 1.807) is 19.3 Å². The number of pyridine rings is 1. The number of carbonyl (C=O) groups is 1. The zero-order valence-corrected chi connectivity index (χ0v) is 17.4. The highest BCUT2D eigenvalue weighted by molar-refractivity contribution is 9.10. The van der Waals surface area contributed by atoms with Crippen LogP contribution in [0.15, 0.2) is 70.1 Å². The maximum absolute atomic E-state index is 13.0. The first kappa shape index (κ1) is 19.6. The van der Waals surface area contributed by atoms with E-state index in [-0.39, 0.29) is 17.3 Å². The maximum atomic E-state index is 13.0. The number of benzene rings is 2. The molecular formula is C22H19BrClNO2. The average molecular weight is 445 g/mol. The van der Waals surface area contributed by atoms with Crippen molar-refractivity contribution in [2.45, 2.75) is 19.3 Å². The van der Waals surface area contributed by atoms with E-state index in [0.29, 0.717) is 17.0 Å². The van der Waals surface area contributed by atoms with Crippen molar-refractivity contribution in [1.29, 1.82) is 0 Å². The normalized spacial score (nSPS) is 12.0. The Kier molecular flexibility index (Phi) is 5.98. The summed E-state index contributed by atoms with van der Waals surface area (Å²) < 4.78 is 2.41. The number of ketones is 1. The van der Waals surface area contributed by atoms with Crippen molar-refractivity contribution in [3.63, 3.8) is 0 Å². The summed E-state index contributed by atoms with van der Waals surface area (Å²) in [6.07, 6.45) is 1.90. The van der Waals surface area contributed by atoms with E-state index in [1.165, 1.54) is 10.6 Å². The van der Waals surface area contributed by atoms with Crippen molar-refractivity contribution in [3.05, 3.63) is 103 Å². The Bertz CT molecular complexity index is 1040. The van der Waals surface area contributed by atoms with Crippen LogP contribution in [0, 0.1) is 6.92 Å². The van der Waals surface area contributed by atoms with Gasteiger partial charge in [-0.15, -0.1) is 0 Å². The van der Waals surface area contributed by atoms with Gasteiger partial charge >= 0.3 is 0 Å². The third-order valence-corrected chi connectivity index (χ3v) is 5.44.